The van der Waals surface area contributed by atoms with E-state index in [1.165, 1.54) is 35.5 Å². The van der Waals surface area contributed by atoms with E-state index in [2.05, 4.69) is 23.2 Å². The quantitative estimate of drug-likeness (QED) is 0.739. The van der Waals surface area contributed by atoms with Gasteiger partial charge < -0.3 is 14.8 Å². The minimum atomic E-state index is -0.432. The molecule has 2 aromatic rings. The van der Waals surface area contributed by atoms with Gasteiger partial charge in [-0.15, -0.1) is 0 Å². The van der Waals surface area contributed by atoms with Crippen LogP contribution in [0.5, 0.6) is 0 Å². The Labute approximate surface area is 158 Å². The average molecular weight is 370 g/mol. The number of aryl methyl sites for hydroxylation is 2. The zero-order valence-electron chi connectivity index (χ0n) is 16.2. The molecule has 27 heavy (non-hydrogen) atoms. The first-order valence-electron chi connectivity index (χ1n) is 8.87. The molecule has 144 valence electrons. The summed E-state index contributed by atoms with van der Waals surface area (Å²) in [5.41, 5.74) is 1.76. The minimum Gasteiger partial charge on any atom is -0.370 e. The molecule has 0 aliphatic rings. The zero-order chi connectivity index (χ0) is 20.0. The lowest BCUT2D eigenvalue weighted by molar-refractivity contribution is -0.116. The van der Waals surface area contributed by atoms with Gasteiger partial charge in [0.05, 0.1) is 5.56 Å². The van der Waals surface area contributed by atoms with Gasteiger partial charge in [-0.25, -0.2) is 4.79 Å². The number of hydrogen-bond donors (Lipinski definition) is 1. The summed E-state index contributed by atoms with van der Waals surface area (Å²) in [7, 11) is 2.97. The number of nitrogens with one attached hydrogen (secondary N) is 1. The van der Waals surface area contributed by atoms with Crippen molar-refractivity contribution >= 4 is 17.7 Å². The van der Waals surface area contributed by atoms with Crippen molar-refractivity contribution in [2.45, 2.75) is 13.8 Å². The van der Waals surface area contributed by atoms with Crippen LogP contribution < -0.4 is 21.5 Å². The van der Waals surface area contributed by atoms with E-state index in [1.54, 1.807) is 7.05 Å². The third-order valence-electron chi connectivity index (χ3n) is 4.32. The van der Waals surface area contributed by atoms with Crippen LogP contribution in [0.2, 0.25) is 0 Å². The molecule has 1 aromatic heterocycles. The maximum atomic E-state index is 12.0. The zero-order valence-corrected chi connectivity index (χ0v) is 16.2. The molecule has 0 saturated heterocycles. The number of aromatic nitrogens is 2. The van der Waals surface area contributed by atoms with Crippen molar-refractivity contribution in [3.05, 3.63) is 68.5 Å². The summed E-state index contributed by atoms with van der Waals surface area (Å²) in [6, 6.07) is 8.23. The van der Waals surface area contributed by atoms with Gasteiger partial charge in [0, 0.05) is 51.7 Å². The van der Waals surface area contributed by atoms with Gasteiger partial charge in [-0.3, -0.25) is 14.2 Å². The number of likely N-dealkylation sites (N-methyl/N-ethyl adjacent to an activating group) is 1. The van der Waals surface area contributed by atoms with Gasteiger partial charge in [0.25, 0.3) is 5.56 Å². The maximum Gasteiger partial charge on any atom is 0.330 e. The smallest absolute Gasteiger partial charge is 0.330 e. The summed E-state index contributed by atoms with van der Waals surface area (Å²) in [5.74, 6) is -0.286. The van der Waals surface area contributed by atoms with Crippen LogP contribution in [-0.2, 0) is 18.9 Å². The fourth-order valence-electron chi connectivity index (χ4n) is 2.78. The van der Waals surface area contributed by atoms with E-state index in [0.29, 0.717) is 13.1 Å². The first-order valence-corrected chi connectivity index (χ1v) is 8.87. The lowest BCUT2D eigenvalue weighted by atomic mass is 10.2. The monoisotopic (exact) mass is 370 g/mol. The molecular weight excluding hydrogens is 344 g/mol. The second kappa shape index (κ2) is 9.02. The molecule has 1 amide bonds. The number of hydrogen-bond acceptors (Lipinski definition) is 4. The molecule has 0 aliphatic heterocycles. The second-order valence-electron chi connectivity index (χ2n) is 6.39. The Kier molecular flexibility index (Phi) is 6.76. The first-order chi connectivity index (χ1) is 12.8. The van der Waals surface area contributed by atoms with Crippen molar-refractivity contribution in [2.75, 3.05) is 24.5 Å². The highest BCUT2D eigenvalue weighted by Crippen LogP contribution is 2.14. The van der Waals surface area contributed by atoms with E-state index in [0.717, 1.165) is 16.8 Å². The van der Waals surface area contributed by atoms with Crippen molar-refractivity contribution in [3.8, 4) is 0 Å². The van der Waals surface area contributed by atoms with Gasteiger partial charge in [-0.05, 0) is 37.6 Å². The van der Waals surface area contributed by atoms with Crippen molar-refractivity contribution < 1.29 is 4.79 Å². The molecule has 0 radical (unpaired) electrons. The lowest BCUT2D eigenvalue weighted by Crippen LogP contribution is -2.37. The Hall–Kier alpha value is -3.09. The van der Waals surface area contributed by atoms with E-state index >= 15 is 0 Å². The van der Waals surface area contributed by atoms with Crippen LogP contribution in [0.15, 0.2) is 46.1 Å². The second-order valence-corrected chi connectivity index (χ2v) is 6.39. The highest BCUT2D eigenvalue weighted by atomic mass is 16.2. The van der Waals surface area contributed by atoms with Gasteiger partial charge in [0.2, 0.25) is 5.91 Å². The lowest BCUT2D eigenvalue weighted by Gasteiger charge is -2.23. The summed E-state index contributed by atoms with van der Waals surface area (Å²) in [6.45, 7) is 6.12. The number of anilines is 1. The molecule has 0 bridgehead atoms. The Morgan fingerprint density at radius 3 is 2.67 bits per heavy atom. The Morgan fingerprint density at radius 1 is 1.26 bits per heavy atom. The number of amides is 1. The molecule has 0 atom stereocenters. The molecule has 1 N–H and O–H groups in total. The van der Waals surface area contributed by atoms with Crippen LogP contribution in [-0.4, -0.2) is 34.7 Å². The highest BCUT2D eigenvalue weighted by Gasteiger charge is 2.06. The number of carbonyl (C=O) groups excluding carboxylic acids is 1. The largest absolute Gasteiger partial charge is 0.370 e. The molecule has 7 heteroatoms. The number of benzene rings is 1. The molecule has 7 nitrogen and oxygen atoms in total. The van der Waals surface area contributed by atoms with Gasteiger partial charge in [0.1, 0.15) is 0 Å². The summed E-state index contributed by atoms with van der Waals surface area (Å²) in [5, 5.41) is 2.82. The van der Waals surface area contributed by atoms with Crippen LogP contribution in [0.25, 0.3) is 6.08 Å². The topological polar surface area (TPSA) is 76.3 Å². The van der Waals surface area contributed by atoms with Gasteiger partial charge in [-0.1, -0.05) is 12.1 Å². The molecule has 0 fully saturated rings. The third-order valence-corrected chi connectivity index (χ3v) is 4.32. The highest BCUT2D eigenvalue weighted by molar-refractivity contribution is 5.91. The van der Waals surface area contributed by atoms with Crippen LogP contribution in [0.4, 0.5) is 5.69 Å². The van der Waals surface area contributed by atoms with Gasteiger partial charge >= 0.3 is 5.69 Å². The van der Waals surface area contributed by atoms with Crippen LogP contribution in [0.1, 0.15) is 18.1 Å². The predicted molar refractivity (Wildman–Crippen MR) is 108 cm³/mol. The van der Waals surface area contributed by atoms with E-state index < -0.39 is 11.2 Å². The van der Waals surface area contributed by atoms with Crippen LogP contribution in [0.3, 0.4) is 0 Å². The summed E-state index contributed by atoms with van der Waals surface area (Å²) in [6.07, 6.45) is 4.16. The summed E-state index contributed by atoms with van der Waals surface area (Å²) >= 11 is 0. The van der Waals surface area contributed by atoms with E-state index in [-0.39, 0.29) is 11.5 Å². The summed E-state index contributed by atoms with van der Waals surface area (Å²) < 4.78 is 2.32. The fraction of sp³-hybridized carbons (Fsp3) is 0.350. The van der Waals surface area contributed by atoms with Crippen molar-refractivity contribution in [2.24, 2.45) is 14.1 Å². The van der Waals surface area contributed by atoms with Crippen LogP contribution in [0, 0.1) is 6.92 Å². The SMILES string of the molecule is CCN(CCNC(=O)/C=C/c1cn(C)c(=O)n(C)c1=O)c1cccc(C)c1. The molecule has 0 spiro atoms. The molecule has 1 aromatic carbocycles. The molecule has 0 saturated carbocycles. The van der Waals surface area contributed by atoms with Crippen LogP contribution >= 0.6 is 0 Å². The predicted octanol–water partition coefficient (Wildman–Crippen LogP) is 1.05. The van der Waals surface area contributed by atoms with Gasteiger partial charge in [-0.2, -0.15) is 0 Å². The Morgan fingerprint density at radius 2 is 2.00 bits per heavy atom. The normalized spacial score (nSPS) is 11.0. The molecular formula is C20H26N4O3. The standard InChI is InChI=1S/C20H26N4O3/c1-5-24(17-8-6-7-15(2)13-17)12-11-21-18(25)10-9-16-14-22(3)20(27)23(4)19(16)26/h6-10,13-14H,5,11-12H2,1-4H3,(H,21,25)/b10-9+. The first kappa shape index (κ1) is 20.2. The fourth-order valence-corrected chi connectivity index (χ4v) is 2.78. The minimum absolute atomic E-state index is 0.282. The van der Waals surface area contributed by atoms with Crippen molar-refractivity contribution in [1.82, 2.24) is 14.5 Å². The summed E-state index contributed by atoms with van der Waals surface area (Å²) in [4.78, 5) is 37.9. The van der Waals surface area contributed by atoms with E-state index in [1.807, 2.05) is 25.1 Å². The number of rotatable bonds is 7. The Balaban J connectivity index is 1.95. The van der Waals surface area contributed by atoms with E-state index in [9.17, 15) is 14.4 Å². The third kappa shape index (κ3) is 5.20. The number of carbonyl (C=O) groups is 1. The molecule has 1 heterocycles. The van der Waals surface area contributed by atoms with E-state index in [4.69, 9.17) is 0 Å². The van der Waals surface area contributed by atoms with Gasteiger partial charge in [0.15, 0.2) is 0 Å². The number of nitrogens with zero attached hydrogens (tertiary/aromatic N) is 3. The Bertz CT molecular complexity index is 956. The van der Waals surface area contributed by atoms with Crippen molar-refractivity contribution in [3.63, 3.8) is 0 Å². The average Bonchev–Trinajstić information content (AvgIpc) is 2.65. The maximum absolute atomic E-state index is 12.0. The molecule has 2 rings (SSSR count). The molecule has 0 unspecified atom stereocenters. The van der Waals surface area contributed by atoms with Crippen molar-refractivity contribution in [1.29, 1.82) is 0 Å². The molecule has 0 aliphatic carbocycles.